The molecule has 18 heavy (non-hydrogen) atoms. The molecule has 0 spiro atoms. The molecule has 2 N–H and O–H groups in total. The molecule has 1 atom stereocenters. The van der Waals surface area contributed by atoms with Crippen molar-refractivity contribution in [3.8, 4) is 0 Å². The van der Waals surface area contributed by atoms with Gasteiger partial charge in [-0.05, 0) is 30.5 Å². The van der Waals surface area contributed by atoms with Crippen molar-refractivity contribution in [3.05, 3.63) is 29.8 Å². The lowest BCUT2D eigenvalue weighted by Crippen LogP contribution is -2.43. The third-order valence-corrected chi connectivity index (χ3v) is 3.40. The fraction of sp³-hybridized carbons (Fsp3) is 0.500. The van der Waals surface area contributed by atoms with Gasteiger partial charge < -0.3 is 15.4 Å². The number of rotatable bonds is 3. The quantitative estimate of drug-likeness (QED) is 0.824. The van der Waals surface area contributed by atoms with E-state index < -0.39 is 0 Å². The number of carbonyl (C=O) groups excluding carboxylic acids is 1. The highest BCUT2D eigenvalue weighted by molar-refractivity contribution is 5.79. The molecule has 98 valence electrons. The number of hydrogen-bond acceptors (Lipinski definition) is 3. The first-order valence-electron chi connectivity index (χ1n) is 6.34. The molecule has 1 unspecified atom stereocenters. The average Bonchev–Trinajstić information content (AvgIpc) is 2.41. The number of ether oxygens (including phenoxy) is 1. The van der Waals surface area contributed by atoms with Crippen LogP contribution in [0.25, 0.3) is 0 Å². The molecular weight excluding hydrogens is 228 g/mol. The summed E-state index contributed by atoms with van der Waals surface area (Å²) >= 11 is 0. The van der Waals surface area contributed by atoms with Gasteiger partial charge in [0.1, 0.15) is 0 Å². The minimum atomic E-state index is 0.168. The van der Waals surface area contributed by atoms with Gasteiger partial charge in [-0.1, -0.05) is 12.1 Å². The van der Waals surface area contributed by atoms with Crippen molar-refractivity contribution >= 4 is 11.6 Å². The average molecular weight is 248 g/mol. The summed E-state index contributed by atoms with van der Waals surface area (Å²) in [6.07, 6.45) is 2.69. The second kappa shape index (κ2) is 5.87. The van der Waals surface area contributed by atoms with E-state index in [9.17, 15) is 4.79 Å². The first-order valence-corrected chi connectivity index (χ1v) is 6.34. The van der Waals surface area contributed by atoms with Crippen LogP contribution in [0.3, 0.4) is 0 Å². The number of nitrogens with two attached hydrogens (primary N) is 1. The van der Waals surface area contributed by atoms with Crippen molar-refractivity contribution in [1.29, 1.82) is 0 Å². The Hall–Kier alpha value is -1.55. The van der Waals surface area contributed by atoms with Gasteiger partial charge in [-0.25, -0.2) is 0 Å². The molecule has 1 aromatic carbocycles. The maximum Gasteiger partial charge on any atom is 0.227 e. The molecule has 0 saturated carbocycles. The van der Waals surface area contributed by atoms with Gasteiger partial charge in [0.15, 0.2) is 0 Å². The zero-order valence-corrected chi connectivity index (χ0v) is 10.8. The van der Waals surface area contributed by atoms with E-state index in [4.69, 9.17) is 10.5 Å². The Kier molecular flexibility index (Phi) is 4.20. The largest absolute Gasteiger partial charge is 0.399 e. The number of hydrogen-bond donors (Lipinski definition) is 1. The number of methoxy groups -OCH3 is 1. The molecule has 1 saturated heterocycles. The van der Waals surface area contributed by atoms with Gasteiger partial charge in [0.2, 0.25) is 5.91 Å². The van der Waals surface area contributed by atoms with Crippen LogP contribution in [0.1, 0.15) is 18.4 Å². The smallest absolute Gasteiger partial charge is 0.227 e. The molecule has 0 radical (unpaired) electrons. The SMILES string of the molecule is COC1CCCN(C(=O)Cc2ccc(N)cc2)C1. The Morgan fingerprint density at radius 2 is 2.17 bits per heavy atom. The summed E-state index contributed by atoms with van der Waals surface area (Å²) in [6.45, 7) is 1.55. The van der Waals surface area contributed by atoms with Crippen molar-refractivity contribution in [2.24, 2.45) is 0 Å². The molecule has 1 amide bonds. The van der Waals surface area contributed by atoms with Gasteiger partial charge in [-0.2, -0.15) is 0 Å². The standard InChI is InChI=1S/C14H20N2O2/c1-18-13-3-2-8-16(10-13)14(17)9-11-4-6-12(15)7-5-11/h4-7,13H,2-3,8-10,15H2,1H3. The molecular formula is C14H20N2O2. The van der Waals surface area contributed by atoms with E-state index in [1.165, 1.54) is 0 Å². The molecule has 1 aliphatic rings. The van der Waals surface area contributed by atoms with E-state index in [2.05, 4.69) is 0 Å². The molecule has 4 heteroatoms. The number of anilines is 1. The molecule has 1 fully saturated rings. The predicted octanol–water partition coefficient (Wildman–Crippen LogP) is 1.45. The third-order valence-electron chi connectivity index (χ3n) is 3.40. The second-order valence-corrected chi connectivity index (χ2v) is 4.76. The van der Waals surface area contributed by atoms with E-state index in [-0.39, 0.29) is 12.0 Å². The Labute approximate surface area is 108 Å². The highest BCUT2D eigenvalue weighted by Crippen LogP contribution is 2.14. The van der Waals surface area contributed by atoms with Crippen molar-refractivity contribution in [2.45, 2.75) is 25.4 Å². The van der Waals surface area contributed by atoms with Crippen LogP contribution in [-0.4, -0.2) is 37.1 Å². The van der Waals surface area contributed by atoms with Crippen molar-refractivity contribution in [3.63, 3.8) is 0 Å². The topological polar surface area (TPSA) is 55.6 Å². The predicted molar refractivity (Wildman–Crippen MR) is 71.2 cm³/mol. The van der Waals surface area contributed by atoms with Crippen LogP contribution in [0.4, 0.5) is 5.69 Å². The summed E-state index contributed by atoms with van der Waals surface area (Å²) < 4.78 is 5.33. The summed E-state index contributed by atoms with van der Waals surface area (Å²) in [5, 5.41) is 0. The summed E-state index contributed by atoms with van der Waals surface area (Å²) in [7, 11) is 1.71. The van der Waals surface area contributed by atoms with E-state index >= 15 is 0 Å². The van der Waals surface area contributed by atoms with Gasteiger partial charge in [-0.3, -0.25) is 4.79 Å². The zero-order valence-electron chi connectivity index (χ0n) is 10.8. The fourth-order valence-corrected chi connectivity index (χ4v) is 2.28. The van der Waals surface area contributed by atoms with Crippen molar-refractivity contribution < 1.29 is 9.53 Å². The maximum absolute atomic E-state index is 12.2. The third kappa shape index (κ3) is 3.23. The number of carbonyl (C=O) groups is 1. The number of amides is 1. The van der Waals surface area contributed by atoms with Crippen LogP contribution in [0.2, 0.25) is 0 Å². The van der Waals surface area contributed by atoms with Gasteiger partial charge >= 0.3 is 0 Å². The van der Waals surface area contributed by atoms with Crippen LogP contribution >= 0.6 is 0 Å². The Morgan fingerprint density at radius 1 is 1.44 bits per heavy atom. The van der Waals surface area contributed by atoms with E-state index in [1.807, 2.05) is 29.2 Å². The van der Waals surface area contributed by atoms with Crippen molar-refractivity contribution in [1.82, 2.24) is 4.90 Å². The van der Waals surface area contributed by atoms with E-state index in [1.54, 1.807) is 7.11 Å². The fourth-order valence-electron chi connectivity index (χ4n) is 2.28. The monoisotopic (exact) mass is 248 g/mol. The number of nitrogen functional groups attached to an aromatic ring is 1. The summed E-state index contributed by atoms with van der Waals surface area (Å²) in [6, 6.07) is 7.48. The molecule has 1 aromatic rings. The normalized spacial score (nSPS) is 19.8. The van der Waals surface area contributed by atoms with Crippen LogP contribution in [0.5, 0.6) is 0 Å². The van der Waals surface area contributed by atoms with Gasteiger partial charge in [0, 0.05) is 25.9 Å². The minimum absolute atomic E-state index is 0.168. The molecule has 0 aromatic heterocycles. The van der Waals surface area contributed by atoms with Crippen LogP contribution in [0.15, 0.2) is 24.3 Å². The van der Waals surface area contributed by atoms with Gasteiger partial charge in [-0.15, -0.1) is 0 Å². The highest BCUT2D eigenvalue weighted by atomic mass is 16.5. The van der Waals surface area contributed by atoms with E-state index in [0.29, 0.717) is 13.0 Å². The lowest BCUT2D eigenvalue weighted by atomic mass is 10.1. The van der Waals surface area contributed by atoms with E-state index in [0.717, 1.165) is 30.6 Å². The van der Waals surface area contributed by atoms with Crippen LogP contribution in [-0.2, 0) is 16.0 Å². The first-order chi connectivity index (χ1) is 8.69. The lowest BCUT2D eigenvalue weighted by molar-refractivity contribution is -0.134. The zero-order chi connectivity index (χ0) is 13.0. The summed E-state index contributed by atoms with van der Waals surface area (Å²) in [5.74, 6) is 0.168. The Morgan fingerprint density at radius 3 is 2.83 bits per heavy atom. The van der Waals surface area contributed by atoms with Gasteiger partial charge in [0.05, 0.1) is 12.5 Å². The number of piperidine rings is 1. The molecule has 1 aliphatic heterocycles. The molecule has 2 rings (SSSR count). The minimum Gasteiger partial charge on any atom is -0.399 e. The first kappa shape index (κ1) is 12.9. The van der Waals surface area contributed by atoms with Crippen LogP contribution in [0, 0.1) is 0 Å². The molecule has 4 nitrogen and oxygen atoms in total. The number of benzene rings is 1. The number of likely N-dealkylation sites (tertiary alicyclic amines) is 1. The molecule has 1 heterocycles. The molecule has 0 aliphatic carbocycles. The Balaban J connectivity index is 1.93. The summed E-state index contributed by atoms with van der Waals surface area (Å²) in [5.41, 5.74) is 7.36. The lowest BCUT2D eigenvalue weighted by Gasteiger charge is -2.32. The number of nitrogens with zero attached hydrogens (tertiary/aromatic N) is 1. The molecule has 0 bridgehead atoms. The maximum atomic E-state index is 12.2. The van der Waals surface area contributed by atoms with Gasteiger partial charge in [0.25, 0.3) is 0 Å². The van der Waals surface area contributed by atoms with Crippen LogP contribution < -0.4 is 5.73 Å². The second-order valence-electron chi connectivity index (χ2n) is 4.76. The Bertz CT molecular complexity index is 403. The highest BCUT2D eigenvalue weighted by Gasteiger charge is 2.23. The van der Waals surface area contributed by atoms with Crippen molar-refractivity contribution in [2.75, 3.05) is 25.9 Å². The summed E-state index contributed by atoms with van der Waals surface area (Å²) in [4.78, 5) is 14.0.